The monoisotopic (exact) mass is 572 g/mol. The van der Waals surface area contributed by atoms with Crippen LogP contribution in [0, 0.1) is 37.1 Å². The first-order valence-corrected chi connectivity index (χ1v) is 14.2. The Morgan fingerprint density at radius 3 is 2.23 bits per heavy atom. The van der Waals surface area contributed by atoms with Crippen molar-refractivity contribution in [3.63, 3.8) is 0 Å². The minimum atomic E-state index is -1.35. The van der Waals surface area contributed by atoms with Gasteiger partial charge in [0.05, 0.1) is 10.8 Å². The number of rotatable bonds is 6. The summed E-state index contributed by atoms with van der Waals surface area (Å²) in [5, 5.41) is 0. The summed E-state index contributed by atoms with van der Waals surface area (Å²) in [5.74, 6) is -0.0133. The molecule has 0 aromatic heterocycles. The second-order valence-corrected chi connectivity index (χ2v) is 11.3. The maximum Gasteiger partial charge on any atom is 0.510 e. The molecule has 43 heavy (non-hydrogen) atoms. The fraction of sp³-hybridized carbons (Fsp3) is 0.405. The van der Waals surface area contributed by atoms with Gasteiger partial charge < -0.3 is 0 Å². The third kappa shape index (κ3) is 6.67. The Hall–Kier alpha value is -4.78. The van der Waals surface area contributed by atoms with Crippen LogP contribution in [0.15, 0.2) is 84.5 Å². The second-order valence-electron chi connectivity index (χ2n) is 11.3. The highest BCUT2D eigenvalue weighted by molar-refractivity contribution is 6.00. The van der Waals surface area contributed by atoms with Crippen LogP contribution in [0.2, 0.25) is 0 Å². The predicted octanol–water partition coefficient (Wildman–Crippen LogP) is 9.30. The van der Waals surface area contributed by atoms with Crippen LogP contribution >= 0.6 is 0 Å². The highest BCUT2D eigenvalue weighted by atomic mass is 16.1. The Morgan fingerprint density at radius 1 is 1.00 bits per heavy atom. The van der Waals surface area contributed by atoms with Crippen LogP contribution < -0.4 is 0 Å². The molecule has 3 aliphatic rings. The maximum absolute atomic E-state index is 13.0. The molecule has 0 heterocycles. The van der Waals surface area contributed by atoms with Crippen molar-refractivity contribution in [2.75, 3.05) is 0 Å². The smallest absolute Gasteiger partial charge is 0.294 e. The number of carbonyl (C=O) groups excluding carboxylic acids is 2. The highest BCUT2D eigenvalue weighted by Gasteiger charge is 2.59. The van der Waals surface area contributed by atoms with E-state index in [0.717, 1.165) is 43.2 Å². The van der Waals surface area contributed by atoms with Gasteiger partial charge in [0, 0.05) is 0 Å². The van der Waals surface area contributed by atoms with E-state index in [-0.39, 0.29) is 25.4 Å². The van der Waals surface area contributed by atoms with E-state index in [1.165, 1.54) is 0 Å². The van der Waals surface area contributed by atoms with Gasteiger partial charge in [0.15, 0.2) is 11.6 Å². The molecular weight excluding hydrogens is 532 g/mol. The fourth-order valence-corrected chi connectivity index (χ4v) is 6.18. The number of fused-ring (bicyclic) bond motifs is 1. The number of hydrogen-bond acceptors (Lipinski definition) is 2. The number of hydrogen-bond donors (Lipinski definition) is 0. The van der Waals surface area contributed by atoms with E-state index < -0.39 is 22.2 Å². The summed E-state index contributed by atoms with van der Waals surface area (Å²) in [6, 6.07) is 9.64. The molecule has 0 aliphatic heterocycles. The third-order valence-electron chi connectivity index (χ3n) is 8.67. The summed E-state index contributed by atoms with van der Waals surface area (Å²) >= 11 is 0. The van der Waals surface area contributed by atoms with Crippen LogP contribution in [0.3, 0.4) is 0 Å². The van der Waals surface area contributed by atoms with E-state index in [0.29, 0.717) is 18.4 Å². The van der Waals surface area contributed by atoms with Crippen molar-refractivity contribution >= 4 is 17.6 Å². The summed E-state index contributed by atoms with van der Waals surface area (Å²) in [7, 11) is 0. The molecule has 0 spiro atoms. The van der Waals surface area contributed by atoms with Gasteiger partial charge in [-0.1, -0.05) is 68.1 Å². The molecular formula is C37H40N4O2. The zero-order chi connectivity index (χ0) is 30.9. The number of benzene rings is 1. The summed E-state index contributed by atoms with van der Waals surface area (Å²) < 4.78 is 0. The normalized spacial score (nSPS) is 23.9. The number of allylic oxidation sites excluding steroid dienone is 4. The summed E-state index contributed by atoms with van der Waals surface area (Å²) in [6.07, 6.45) is 17.5. The van der Waals surface area contributed by atoms with Crippen molar-refractivity contribution < 1.29 is 9.59 Å². The molecule has 1 aromatic rings. The van der Waals surface area contributed by atoms with Gasteiger partial charge in [-0.2, -0.15) is 0 Å². The zero-order valence-electron chi connectivity index (χ0n) is 24.4. The molecule has 4 rings (SSSR count). The average Bonchev–Trinajstić information content (AvgIpc) is 3.13. The largest absolute Gasteiger partial charge is 0.510 e. The minimum absolute atomic E-state index is 0. The third-order valence-corrected chi connectivity index (χ3v) is 8.67. The molecule has 2 atom stereocenters. The molecule has 0 saturated heterocycles. The first kappa shape index (κ1) is 34.4. The van der Waals surface area contributed by atoms with Crippen LogP contribution in [-0.2, 0) is 9.59 Å². The zero-order valence-corrected chi connectivity index (χ0v) is 24.4. The van der Waals surface area contributed by atoms with E-state index in [1.807, 2.05) is 56.3 Å². The van der Waals surface area contributed by atoms with Crippen LogP contribution in [-0.4, -0.2) is 22.9 Å². The van der Waals surface area contributed by atoms with Crippen molar-refractivity contribution in [1.82, 2.24) is 0 Å². The molecule has 0 bridgehead atoms. The molecule has 0 N–H and O–H groups in total. The van der Waals surface area contributed by atoms with Crippen molar-refractivity contribution in [2.45, 2.75) is 84.0 Å². The molecule has 0 radical (unpaired) electrons. The first-order valence-electron chi connectivity index (χ1n) is 14.2. The van der Waals surface area contributed by atoms with Gasteiger partial charge in [0.2, 0.25) is 0 Å². The molecule has 6 heteroatoms. The fourth-order valence-electron chi connectivity index (χ4n) is 6.18. The number of carbonyl (C=O) groups is 2. The second kappa shape index (κ2) is 14.4. The Bertz CT molecular complexity index is 1490. The quantitative estimate of drug-likeness (QED) is 0.194. The highest BCUT2D eigenvalue weighted by Crippen LogP contribution is 2.49. The van der Waals surface area contributed by atoms with Gasteiger partial charge in [-0.05, 0) is 70.1 Å². The lowest BCUT2D eigenvalue weighted by molar-refractivity contribution is -0.122. The molecule has 1 aromatic carbocycles. The van der Waals surface area contributed by atoms with Crippen molar-refractivity contribution in [3.8, 4) is 0 Å². The summed E-state index contributed by atoms with van der Waals surface area (Å²) in [4.78, 5) is 39.5. The van der Waals surface area contributed by atoms with Gasteiger partial charge in [-0.25, -0.2) is 45.7 Å². The lowest BCUT2D eigenvalue weighted by atomic mass is 9.66. The van der Waals surface area contributed by atoms with Crippen molar-refractivity contribution in [1.29, 1.82) is 0 Å². The lowest BCUT2D eigenvalue weighted by Gasteiger charge is -2.33. The topological polar surface area (TPSA) is 51.6 Å². The van der Waals surface area contributed by atoms with E-state index >= 15 is 0 Å². The van der Waals surface area contributed by atoms with Gasteiger partial charge in [-0.15, -0.1) is 6.58 Å². The molecule has 2 unspecified atom stereocenters. The SMILES string of the molecule is C.[C-]#[N+]C(CC=C)([N+]#[C-])C1=CCCCC1(C)C(=O)/C=C/c1ccccc1.[C-]#[N+]C1([N+]#[C-])CC=CC(=O)C2(C)CCCC=C12. The molecule has 0 amide bonds. The van der Waals surface area contributed by atoms with Crippen LogP contribution in [0.25, 0.3) is 25.5 Å². The van der Waals surface area contributed by atoms with Gasteiger partial charge in [-0.3, -0.25) is 9.59 Å². The van der Waals surface area contributed by atoms with Gasteiger partial charge in [0.25, 0.3) is 0 Å². The van der Waals surface area contributed by atoms with Crippen LogP contribution in [0.1, 0.15) is 78.2 Å². The predicted molar refractivity (Wildman–Crippen MR) is 173 cm³/mol. The van der Waals surface area contributed by atoms with E-state index in [4.69, 9.17) is 26.3 Å². The van der Waals surface area contributed by atoms with Crippen molar-refractivity contribution in [3.05, 3.63) is 136 Å². The average molecular weight is 573 g/mol. The number of nitrogens with zero attached hydrogens (tertiary/aromatic N) is 4. The van der Waals surface area contributed by atoms with E-state index in [9.17, 15) is 9.59 Å². The Balaban J connectivity index is 0.000000313. The summed E-state index contributed by atoms with van der Waals surface area (Å²) in [6.45, 7) is 37.3. The molecule has 0 saturated carbocycles. The standard InChI is InChI=1S/C22H22N2O.C14H14N2O.CH4/c1-5-16-22(23-3,24-4)19-13-9-10-17-21(19,2)20(25)15-14-18-11-7-6-8-12-18;1-13-9-5-4-7-11(13)14(15-2,16-3)10-6-8-12(13)17;/h5-8,11-15H,1,9-10,16-17H2,2H3;6-8H,4-5,9-10H2,1H3;1H4/b15-14+;;. The lowest BCUT2D eigenvalue weighted by Crippen LogP contribution is -2.40. The van der Waals surface area contributed by atoms with Crippen molar-refractivity contribution in [2.24, 2.45) is 10.8 Å². The summed E-state index contributed by atoms with van der Waals surface area (Å²) in [5.41, 5.74) is -1.67. The van der Waals surface area contributed by atoms with E-state index in [1.54, 1.807) is 30.4 Å². The van der Waals surface area contributed by atoms with Crippen LogP contribution in [0.4, 0.5) is 0 Å². The van der Waals surface area contributed by atoms with Crippen LogP contribution in [0.5, 0.6) is 0 Å². The van der Waals surface area contributed by atoms with E-state index in [2.05, 4.69) is 26.0 Å². The minimum Gasteiger partial charge on any atom is -0.294 e. The molecule has 3 aliphatic carbocycles. The number of ketones is 2. The Kier molecular flexibility index (Phi) is 11.5. The Labute approximate surface area is 257 Å². The maximum atomic E-state index is 13.0. The molecule has 0 fully saturated rings. The first-order chi connectivity index (χ1) is 20.1. The Morgan fingerprint density at radius 2 is 1.63 bits per heavy atom. The van der Waals surface area contributed by atoms with Gasteiger partial charge >= 0.3 is 11.3 Å². The van der Waals surface area contributed by atoms with Gasteiger partial charge in [0.1, 0.15) is 24.0 Å². The molecule has 220 valence electrons. The molecule has 6 nitrogen and oxygen atoms in total.